The van der Waals surface area contributed by atoms with E-state index in [1.165, 1.54) is 11.8 Å². The Kier molecular flexibility index (Phi) is 12.5. The van der Waals surface area contributed by atoms with Crippen LogP contribution in [0.15, 0.2) is 61.3 Å². The molecule has 1 aliphatic heterocycles. The number of fused-ring (bicyclic) bond motifs is 1. The van der Waals surface area contributed by atoms with E-state index in [1.807, 2.05) is 32.9 Å². The number of hydrogen-bond donors (Lipinski definition) is 1. The average molecular weight is 457 g/mol. The Bertz CT molecular complexity index is 948. The van der Waals surface area contributed by atoms with Crippen molar-refractivity contribution in [2.24, 2.45) is 0 Å². The molecule has 178 valence electrons. The molecule has 2 aromatic rings. The molecule has 0 aliphatic carbocycles. The first-order valence-corrected chi connectivity index (χ1v) is 10.7. The number of imidazole rings is 1. The lowest BCUT2D eigenvalue weighted by atomic mass is 10.0. The monoisotopic (exact) mass is 456 g/mol. The molecule has 0 saturated carbocycles. The Labute approximate surface area is 194 Å². The summed E-state index contributed by atoms with van der Waals surface area (Å²) in [5.74, 6) is -0.177. The third kappa shape index (κ3) is 8.74. The Morgan fingerprint density at radius 2 is 1.94 bits per heavy atom. The summed E-state index contributed by atoms with van der Waals surface area (Å²) in [7, 11) is 0. The number of aromatic nitrogens is 2. The van der Waals surface area contributed by atoms with Crippen molar-refractivity contribution in [3.8, 4) is 6.01 Å². The third-order valence-electron chi connectivity index (χ3n) is 4.63. The lowest BCUT2D eigenvalue weighted by molar-refractivity contribution is -0.389. The predicted octanol–water partition coefficient (Wildman–Crippen LogP) is 4.56. The summed E-state index contributed by atoms with van der Waals surface area (Å²) in [6.45, 7) is 12.8. The van der Waals surface area contributed by atoms with Gasteiger partial charge in [0.25, 0.3) is 6.47 Å². The molecule has 9 nitrogen and oxygen atoms in total. The highest BCUT2D eigenvalue weighted by atomic mass is 16.6. The molecule has 0 spiro atoms. The SMILES string of the molecule is C=C/C=C\C(=C/C)c1ccc(CN2CCOc3nc([N+](=O)[O-])cn3CC2)cc1.CC.O=CO. The van der Waals surface area contributed by atoms with Crippen molar-refractivity contribution in [2.45, 2.75) is 33.9 Å². The summed E-state index contributed by atoms with van der Waals surface area (Å²) in [5.41, 5.74) is 3.53. The number of benzene rings is 1. The van der Waals surface area contributed by atoms with Crippen LogP contribution in [0.2, 0.25) is 0 Å². The van der Waals surface area contributed by atoms with Crippen molar-refractivity contribution in [1.82, 2.24) is 14.5 Å². The standard InChI is InChI=1S/C21H24N4O3.C2H6.CH2O2/c1-3-5-6-18(4-2)19-9-7-17(8-10-19)15-23-11-12-24-16-20(25(26)27)22-21(24)28-14-13-23;1-2;2-1-3/h3-10,16H,1,11-15H2,2H3;1-2H3;1H,(H,2,3)/b6-5-,18-4+;;. The fourth-order valence-corrected chi connectivity index (χ4v) is 3.13. The van der Waals surface area contributed by atoms with Crippen LogP contribution in [0, 0.1) is 10.1 Å². The van der Waals surface area contributed by atoms with Gasteiger partial charge in [-0.2, -0.15) is 0 Å². The van der Waals surface area contributed by atoms with Crippen molar-refractivity contribution in [3.63, 3.8) is 0 Å². The summed E-state index contributed by atoms with van der Waals surface area (Å²) < 4.78 is 7.32. The summed E-state index contributed by atoms with van der Waals surface area (Å²) in [5, 5.41) is 17.8. The van der Waals surface area contributed by atoms with Gasteiger partial charge in [-0.1, -0.05) is 69.0 Å². The minimum Gasteiger partial charge on any atom is -0.483 e. The predicted molar refractivity (Wildman–Crippen MR) is 129 cm³/mol. The quantitative estimate of drug-likeness (QED) is 0.294. The van der Waals surface area contributed by atoms with Crippen LogP contribution in [-0.4, -0.2) is 50.6 Å². The van der Waals surface area contributed by atoms with Gasteiger partial charge in [-0.25, -0.2) is 0 Å². The average Bonchev–Trinajstić information content (AvgIpc) is 3.21. The molecule has 0 saturated heterocycles. The Balaban J connectivity index is 0.00000101. The topological polar surface area (TPSA) is 111 Å². The van der Waals surface area contributed by atoms with Crippen molar-refractivity contribution in [3.05, 3.63) is 82.6 Å². The highest BCUT2D eigenvalue weighted by Gasteiger charge is 2.22. The van der Waals surface area contributed by atoms with Gasteiger partial charge < -0.3 is 20.0 Å². The van der Waals surface area contributed by atoms with E-state index in [1.54, 1.807) is 10.6 Å². The lowest BCUT2D eigenvalue weighted by Gasteiger charge is -2.24. The minimum atomic E-state index is -0.496. The molecule has 0 bridgehead atoms. The Morgan fingerprint density at radius 1 is 1.27 bits per heavy atom. The fourth-order valence-electron chi connectivity index (χ4n) is 3.13. The number of ether oxygens (including phenoxy) is 1. The number of allylic oxidation sites excluding steroid dienone is 5. The first-order valence-electron chi connectivity index (χ1n) is 10.7. The molecule has 1 N–H and O–H groups in total. The number of nitro groups is 1. The molecular weight excluding hydrogens is 424 g/mol. The van der Waals surface area contributed by atoms with Crippen LogP contribution in [0.4, 0.5) is 5.82 Å². The van der Waals surface area contributed by atoms with Crippen LogP contribution in [0.3, 0.4) is 0 Å². The van der Waals surface area contributed by atoms with E-state index in [2.05, 4.69) is 46.8 Å². The minimum absolute atomic E-state index is 0.177. The maximum atomic E-state index is 10.9. The van der Waals surface area contributed by atoms with Gasteiger partial charge in [-0.15, -0.1) is 0 Å². The second-order valence-corrected chi connectivity index (χ2v) is 6.60. The van der Waals surface area contributed by atoms with Gasteiger partial charge in [0.15, 0.2) is 0 Å². The van der Waals surface area contributed by atoms with Crippen LogP contribution < -0.4 is 4.74 Å². The summed E-state index contributed by atoms with van der Waals surface area (Å²) in [4.78, 5) is 25.0. The number of hydrogen-bond acceptors (Lipinski definition) is 6. The number of nitrogens with zero attached hydrogens (tertiary/aromatic N) is 4. The molecule has 0 amide bonds. The summed E-state index contributed by atoms with van der Waals surface area (Å²) in [6.07, 6.45) is 9.25. The maximum absolute atomic E-state index is 10.9. The maximum Gasteiger partial charge on any atom is 0.414 e. The highest BCUT2D eigenvalue weighted by Crippen LogP contribution is 2.20. The first-order chi connectivity index (χ1) is 16.0. The van der Waals surface area contributed by atoms with Gasteiger partial charge in [-0.05, 0) is 28.5 Å². The second kappa shape index (κ2) is 15.1. The van der Waals surface area contributed by atoms with Gasteiger partial charge in [-0.3, -0.25) is 14.3 Å². The molecule has 0 radical (unpaired) electrons. The molecular formula is C24H32N4O5. The zero-order chi connectivity index (χ0) is 24.6. The van der Waals surface area contributed by atoms with Crippen LogP contribution in [-0.2, 0) is 17.9 Å². The van der Waals surface area contributed by atoms with Crippen LogP contribution in [0.1, 0.15) is 31.9 Å². The first kappa shape index (κ1) is 27.3. The van der Waals surface area contributed by atoms with Crippen molar-refractivity contribution >= 4 is 17.9 Å². The molecule has 33 heavy (non-hydrogen) atoms. The van der Waals surface area contributed by atoms with E-state index in [9.17, 15) is 10.1 Å². The molecule has 0 unspecified atom stereocenters. The molecule has 9 heteroatoms. The van der Waals surface area contributed by atoms with E-state index >= 15 is 0 Å². The number of carbonyl (C=O) groups is 1. The third-order valence-corrected chi connectivity index (χ3v) is 4.63. The van der Waals surface area contributed by atoms with Crippen molar-refractivity contribution < 1.29 is 19.6 Å². The zero-order valence-corrected chi connectivity index (χ0v) is 19.4. The highest BCUT2D eigenvalue weighted by molar-refractivity contribution is 5.74. The van der Waals surface area contributed by atoms with Gasteiger partial charge >= 0.3 is 11.8 Å². The molecule has 2 heterocycles. The molecule has 1 aromatic heterocycles. The van der Waals surface area contributed by atoms with Crippen molar-refractivity contribution in [2.75, 3.05) is 19.7 Å². The normalized spacial score (nSPS) is 13.7. The van der Waals surface area contributed by atoms with E-state index in [4.69, 9.17) is 14.6 Å². The largest absolute Gasteiger partial charge is 0.483 e. The van der Waals surface area contributed by atoms with Crippen LogP contribution in [0.25, 0.3) is 5.57 Å². The molecule has 3 rings (SSSR count). The lowest BCUT2D eigenvalue weighted by Crippen LogP contribution is -2.33. The van der Waals surface area contributed by atoms with Crippen LogP contribution in [0.5, 0.6) is 6.01 Å². The Hall–Kier alpha value is -3.72. The summed E-state index contributed by atoms with van der Waals surface area (Å²) in [6, 6.07) is 8.83. The fraction of sp³-hybridized carbons (Fsp3) is 0.333. The molecule has 1 aromatic carbocycles. The van der Waals surface area contributed by atoms with E-state index < -0.39 is 4.92 Å². The van der Waals surface area contributed by atoms with Crippen LogP contribution >= 0.6 is 0 Å². The number of carboxylic acid groups (broad SMARTS) is 1. The summed E-state index contributed by atoms with van der Waals surface area (Å²) >= 11 is 0. The van der Waals surface area contributed by atoms with Gasteiger partial charge in [0.1, 0.15) is 12.8 Å². The van der Waals surface area contributed by atoms with E-state index in [0.29, 0.717) is 19.2 Å². The van der Waals surface area contributed by atoms with E-state index in [0.717, 1.165) is 30.8 Å². The van der Waals surface area contributed by atoms with Gasteiger partial charge in [0.05, 0.1) is 0 Å². The van der Waals surface area contributed by atoms with Gasteiger partial charge in [0.2, 0.25) is 0 Å². The molecule has 1 aliphatic rings. The van der Waals surface area contributed by atoms with E-state index in [-0.39, 0.29) is 12.3 Å². The zero-order valence-electron chi connectivity index (χ0n) is 19.4. The molecule has 0 fully saturated rings. The smallest absolute Gasteiger partial charge is 0.414 e. The van der Waals surface area contributed by atoms with Crippen molar-refractivity contribution in [1.29, 1.82) is 0 Å². The molecule has 0 atom stereocenters. The van der Waals surface area contributed by atoms with Gasteiger partial charge in [0, 0.05) is 31.2 Å². The Morgan fingerprint density at radius 3 is 2.52 bits per heavy atom. The second-order valence-electron chi connectivity index (χ2n) is 6.60. The number of rotatable bonds is 6.